The molecule has 1 heterocycles. The lowest BCUT2D eigenvalue weighted by molar-refractivity contribution is 0.208. The van der Waals surface area contributed by atoms with Gasteiger partial charge in [0.1, 0.15) is 29.7 Å². The molecule has 4 rings (SSSR count). The Morgan fingerprint density at radius 2 is 1.72 bits per heavy atom. The quantitative estimate of drug-likeness (QED) is 0.197. The number of fused-ring (bicyclic) bond motifs is 1. The first kappa shape index (κ1) is 26.3. The second-order valence-electron chi connectivity index (χ2n) is 9.25. The summed E-state index contributed by atoms with van der Waals surface area (Å²) in [6.45, 7) is 8.96. The number of imidazole rings is 1. The second kappa shape index (κ2) is 12.0. The van der Waals surface area contributed by atoms with Crippen LogP contribution < -0.4 is 9.47 Å². The van der Waals surface area contributed by atoms with E-state index in [0.717, 1.165) is 54.1 Å². The third-order valence-corrected chi connectivity index (χ3v) is 6.65. The van der Waals surface area contributed by atoms with E-state index in [-0.39, 0.29) is 0 Å². The standard InChI is InChI=1S/C29H33Cl2N3O2/c1-5-6-12-34-28-19-24(35-14-13-33(4)20(2)3)10-11-27(28)32-29(34)21-8-7-9-25(15-21)36-26-17-22(30)16-23(31)18-26/h7-11,15-20H,5-6,12-14H2,1-4H3. The molecule has 0 atom stereocenters. The Balaban J connectivity index is 1.63. The molecular weight excluding hydrogens is 493 g/mol. The van der Waals surface area contributed by atoms with E-state index < -0.39 is 0 Å². The summed E-state index contributed by atoms with van der Waals surface area (Å²) in [5, 5.41) is 1.06. The average molecular weight is 527 g/mol. The Hall–Kier alpha value is -2.73. The first-order valence-electron chi connectivity index (χ1n) is 12.4. The van der Waals surface area contributed by atoms with Crippen molar-refractivity contribution in [1.29, 1.82) is 0 Å². The molecule has 0 spiro atoms. The number of aryl methyl sites for hydroxylation is 1. The van der Waals surface area contributed by atoms with E-state index in [1.807, 2.05) is 30.3 Å². The first-order chi connectivity index (χ1) is 17.3. The average Bonchev–Trinajstić information content (AvgIpc) is 3.20. The van der Waals surface area contributed by atoms with Crippen LogP contribution in [0.3, 0.4) is 0 Å². The number of aromatic nitrogens is 2. The number of benzene rings is 3. The molecule has 0 unspecified atom stereocenters. The molecule has 1 aromatic heterocycles. The second-order valence-corrected chi connectivity index (χ2v) is 10.1. The lowest BCUT2D eigenvalue weighted by Gasteiger charge is -2.20. The van der Waals surface area contributed by atoms with Crippen molar-refractivity contribution in [3.63, 3.8) is 0 Å². The lowest BCUT2D eigenvalue weighted by atomic mass is 10.2. The zero-order valence-electron chi connectivity index (χ0n) is 21.3. The fraction of sp³-hybridized carbons (Fsp3) is 0.345. The van der Waals surface area contributed by atoms with Gasteiger partial charge in [0.15, 0.2) is 0 Å². The maximum atomic E-state index is 6.14. The summed E-state index contributed by atoms with van der Waals surface area (Å²) in [5.74, 6) is 3.05. The molecular formula is C29H33Cl2N3O2. The summed E-state index contributed by atoms with van der Waals surface area (Å²) >= 11 is 12.3. The number of hydrogen-bond donors (Lipinski definition) is 0. The summed E-state index contributed by atoms with van der Waals surface area (Å²) in [6.07, 6.45) is 2.15. The molecule has 0 aliphatic carbocycles. The van der Waals surface area contributed by atoms with Gasteiger partial charge in [-0.1, -0.05) is 48.7 Å². The molecule has 5 nitrogen and oxygen atoms in total. The monoisotopic (exact) mass is 525 g/mol. The topological polar surface area (TPSA) is 39.5 Å². The number of likely N-dealkylation sites (N-methyl/N-ethyl adjacent to an activating group) is 1. The van der Waals surface area contributed by atoms with E-state index in [1.54, 1.807) is 18.2 Å². The van der Waals surface area contributed by atoms with Crippen LogP contribution in [0.4, 0.5) is 0 Å². The molecule has 0 N–H and O–H groups in total. The molecule has 190 valence electrons. The largest absolute Gasteiger partial charge is 0.492 e. The van der Waals surface area contributed by atoms with Crippen molar-refractivity contribution in [3.05, 3.63) is 70.7 Å². The van der Waals surface area contributed by atoms with Gasteiger partial charge in [-0.05, 0) is 69.8 Å². The van der Waals surface area contributed by atoms with Crippen LogP contribution in [0.2, 0.25) is 10.0 Å². The Kier molecular flexibility index (Phi) is 8.78. The highest BCUT2D eigenvalue weighted by atomic mass is 35.5. The van der Waals surface area contributed by atoms with Crippen molar-refractivity contribution < 1.29 is 9.47 Å². The van der Waals surface area contributed by atoms with E-state index in [0.29, 0.717) is 34.2 Å². The van der Waals surface area contributed by atoms with Crippen LogP contribution in [0, 0.1) is 0 Å². The first-order valence-corrected chi connectivity index (χ1v) is 13.2. The molecule has 0 bridgehead atoms. The molecule has 7 heteroatoms. The van der Waals surface area contributed by atoms with Crippen molar-refractivity contribution in [2.75, 3.05) is 20.2 Å². The molecule has 0 fully saturated rings. The predicted molar refractivity (Wildman–Crippen MR) is 150 cm³/mol. The van der Waals surface area contributed by atoms with Crippen LogP contribution in [0.25, 0.3) is 22.4 Å². The summed E-state index contributed by atoms with van der Waals surface area (Å²) in [7, 11) is 2.11. The normalized spacial score (nSPS) is 11.6. The Bertz CT molecular complexity index is 1300. The third-order valence-electron chi connectivity index (χ3n) is 6.21. The zero-order valence-corrected chi connectivity index (χ0v) is 22.8. The highest BCUT2D eigenvalue weighted by Gasteiger charge is 2.15. The number of nitrogens with zero attached hydrogens (tertiary/aromatic N) is 3. The van der Waals surface area contributed by atoms with Gasteiger partial charge in [-0.3, -0.25) is 0 Å². The fourth-order valence-corrected chi connectivity index (χ4v) is 4.45. The molecule has 0 radical (unpaired) electrons. The maximum absolute atomic E-state index is 6.14. The van der Waals surface area contributed by atoms with Crippen LogP contribution in [-0.2, 0) is 6.54 Å². The Morgan fingerprint density at radius 1 is 0.944 bits per heavy atom. The highest BCUT2D eigenvalue weighted by molar-refractivity contribution is 6.34. The van der Waals surface area contributed by atoms with Crippen molar-refractivity contribution in [1.82, 2.24) is 14.5 Å². The minimum absolute atomic E-state index is 0.490. The molecule has 36 heavy (non-hydrogen) atoms. The van der Waals surface area contributed by atoms with Crippen molar-refractivity contribution >= 4 is 34.2 Å². The van der Waals surface area contributed by atoms with Gasteiger partial charge >= 0.3 is 0 Å². The van der Waals surface area contributed by atoms with E-state index >= 15 is 0 Å². The summed E-state index contributed by atoms with van der Waals surface area (Å²) in [5.41, 5.74) is 3.00. The maximum Gasteiger partial charge on any atom is 0.141 e. The van der Waals surface area contributed by atoms with Gasteiger partial charge in [0.2, 0.25) is 0 Å². The smallest absolute Gasteiger partial charge is 0.141 e. The van der Waals surface area contributed by atoms with Gasteiger partial charge in [0.25, 0.3) is 0 Å². The zero-order chi connectivity index (χ0) is 25.7. The summed E-state index contributed by atoms with van der Waals surface area (Å²) in [4.78, 5) is 7.26. The summed E-state index contributed by atoms with van der Waals surface area (Å²) < 4.78 is 14.4. The number of ether oxygens (including phenoxy) is 2. The van der Waals surface area contributed by atoms with Gasteiger partial charge < -0.3 is 18.9 Å². The number of unbranched alkanes of at least 4 members (excludes halogenated alkanes) is 1. The van der Waals surface area contributed by atoms with Crippen molar-refractivity contribution in [2.45, 2.75) is 46.2 Å². The van der Waals surface area contributed by atoms with Crippen LogP contribution in [-0.4, -0.2) is 40.7 Å². The SMILES string of the molecule is CCCCn1c(-c2cccc(Oc3cc(Cl)cc(Cl)c3)c2)nc2ccc(OCCN(C)C(C)C)cc21. The molecule has 0 amide bonds. The minimum atomic E-state index is 0.490. The molecule has 0 saturated carbocycles. The minimum Gasteiger partial charge on any atom is -0.492 e. The molecule has 3 aromatic carbocycles. The van der Waals surface area contributed by atoms with E-state index in [2.05, 4.69) is 49.4 Å². The fourth-order valence-electron chi connectivity index (χ4n) is 3.94. The highest BCUT2D eigenvalue weighted by Crippen LogP contribution is 2.33. The number of rotatable bonds is 11. The molecule has 4 aromatic rings. The van der Waals surface area contributed by atoms with E-state index in [4.69, 9.17) is 37.7 Å². The van der Waals surface area contributed by atoms with Crippen LogP contribution in [0.15, 0.2) is 60.7 Å². The van der Waals surface area contributed by atoms with Gasteiger partial charge in [-0.15, -0.1) is 0 Å². The predicted octanol–water partition coefficient (Wildman–Crippen LogP) is 8.32. The van der Waals surface area contributed by atoms with Crippen molar-refractivity contribution in [2.24, 2.45) is 0 Å². The Labute approximate surface area is 223 Å². The van der Waals surface area contributed by atoms with E-state index in [9.17, 15) is 0 Å². The molecule has 0 aliphatic heterocycles. The van der Waals surface area contributed by atoms with Gasteiger partial charge in [-0.25, -0.2) is 4.98 Å². The van der Waals surface area contributed by atoms with Gasteiger partial charge in [0.05, 0.1) is 11.0 Å². The van der Waals surface area contributed by atoms with Crippen LogP contribution in [0.5, 0.6) is 17.2 Å². The van der Waals surface area contributed by atoms with Gasteiger partial charge in [-0.2, -0.15) is 0 Å². The number of halogens is 2. The van der Waals surface area contributed by atoms with Gasteiger partial charge in [0, 0.05) is 40.8 Å². The van der Waals surface area contributed by atoms with Crippen LogP contribution in [0.1, 0.15) is 33.6 Å². The van der Waals surface area contributed by atoms with E-state index in [1.165, 1.54) is 0 Å². The Morgan fingerprint density at radius 3 is 2.44 bits per heavy atom. The van der Waals surface area contributed by atoms with Crippen LogP contribution >= 0.6 is 23.2 Å². The molecule has 0 saturated heterocycles. The van der Waals surface area contributed by atoms with Crippen molar-refractivity contribution in [3.8, 4) is 28.6 Å². The third kappa shape index (κ3) is 6.52. The number of hydrogen-bond acceptors (Lipinski definition) is 4. The summed E-state index contributed by atoms with van der Waals surface area (Å²) in [6, 6.07) is 19.8. The molecule has 0 aliphatic rings. The lowest BCUT2D eigenvalue weighted by Crippen LogP contribution is -2.30.